The number of benzene rings is 2. The monoisotopic (exact) mass is 501 g/mol. The van der Waals surface area contributed by atoms with Gasteiger partial charge in [-0.15, -0.1) is 0 Å². The zero-order valence-electron chi connectivity index (χ0n) is 21.4. The van der Waals surface area contributed by atoms with Gasteiger partial charge in [-0.2, -0.15) is 0 Å². The van der Waals surface area contributed by atoms with Gasteiger partial charge in [0, 0.05) is 30.8 Å². The number of hydrogen-bond acceptors (Lipinski definition) is 5. The third-order valence-electron chi connectivity index (χ3n) is 6.26. The van der Waals surface area contributed by atoms with Gasteiger partial charge in [0.25, 0.3) is 0 Å². The number of anilines is 2. The predicted octanol–water partition coefficient (Wildman–Crippen LogP) is 4.02. The van der Waals surface area contributed by atoms with E-state index in [4.69, 9.17) is 0 Å². The highest BCUT2D eigenvalue weighted by Gasteiger charge is 2.36. The van der Waals surface area contributed by atoms with Crippen molar-refractivity contribution >= 4 is 33.2 Å². The molecule has 0 spiro atoms. The van der Waals surface area contributed by atoms with Gasteiger partial charge < -0.3 is 15.3 Å². The second kappa shape index (κ2) is 9.53. The molecule has 35 heavy (non-hydrogen) atoms. The van der Waals surface area contributed by atoms with Crippen molar-refractivity contribution in [2.24, 2.45) is 5.41 Å². The highest BCUT2D eigenvalue weighted by Crippen LogP contribution is 2.33. The van der Waals surface area contributed by atoms with Gasteiger partial charge in [0.05, 0.1) is 6.26 Å². The molecule has 0 aliphatic carbocycles. The lowest BCUT2D eigenvalue weighted by Crippen LogP contribution is -2.51. The Morgan fingerprint density at radius 3 is 2.34 bits per heavy atom. The van der Waals surface area contributed by atoms with E-state index in [0.29, 0.717) is 28.9 Å². The lowest BCUT2D eigenvalue weighted by molar-refractivity contribution is -0.141. The molecular formula is C26H35N3O5S. The summed E-state index contributed by atoms with van der Waals surface area (Å²) in [5.41, 5.74) is 4.56. The summed E-state index contributed by atoms with van der Waals surface area (Å²) in [7, 11) is -3.44. The summed E-state index contributed by atoms with van der Waals surface area (Å²) in [6.07, 6.45) is 1.66. The van der Waals surface area contributed by atoms with Crippen LogP contribution in [-0.4, -0.2) is 42.5 Å². The van der Waals surface area contributed by atoms with Crippen molar-refractivity contribution in [1.82, 2.24) is 4.90 Å². The first-order valence-corrected chi connectivity index (χ1v) is 13.4. The molecule has 1 heterocycles. The van der Waals surface area contributed by atoms with E-state index in [1.165, 1.54) is 0 Å². The number of carbonyl (C=O) groups is 2. The Kier molecular flexibility index (Phi) is 7.22. The van der Waals surface area contributed by atoms with Crippen molar-refractivity contribution < 1.29 is 23.1 Å². The number of nitrogens with zero attached hydrogens (tertiary/aromatic N) is 1. The molecule has 8 nitrogen and oxygen atoms in total. The van der Waals surface area contributed by atoms with Crippen molar-refractivity contribution in [3.8, 4) is 5.75 Å². The maximum absolute atomic E-state index is 13.5. The first kappa shape index (κ1) is 26.5. The van der Waals surface area contributed by atoms with E-state index in [1.807, 2.05) is 27.7 Å². The van der Waals surface area contributed by atoms with E-state index in [1.54, 1.807) is 43.0 Å². The second-order valence-corrected chi connectivity index (χ2v) is 12.4. The highest BCUT2D eigenvalue weighted by molar-refractivity contribution is 7.92. The lowest BCUT2D eigenvalue weighted by Gasteiger charge is -2.37. The Morgan fingerprint density at radius 1 is 1.09 bits per heavy atom. The van der Waals surface area contributed by atoms with Crippen LogP contribution in [0.25, 0.3) is 0 Å². The molecule has 2 aromatic rings. The zero-order valence-corrected chi connectivity index (χ0v) is 22.3. The van der Waals surface area contributed by atoms with Gasteiger partial charge >= 0.3 is 0 Å². The van der Waals surface area contributed by atoms with E-state index in [9.17, 15) is 23.1 Å². The Bertz CT molecular complexity index is 1280. The molecule has 0 aromatic heterocycles. The van der Waals surface area contributed by atoms with Crippen LogP contribution in [0.1, 0.15) is 55.0 Å². The van der Waals surface area contributed by atoms with Crippen molar-refractivity contribution in [3.05, 3.63) is 52.1 Å². The smallest absolute Gasteiger partial charge is 0.247 e. The maximum atomic E-state index is 13.5. The standard InChI is InChI=1S/C26H35N3O5S/c1-15-10-21(16(2)17(3)24(15)31)27-25(32)22-12-18-8-9-20(28-35(7,33)34)11-19(18)14-29(22)23(30)13-26(4,5)6/h8-11,22,28,31H,12-14H2,1-7H3,(H,27,32). The molecule has 1 aliphatic heterocycles. The Labute approximate surface area is 207 Å². The molecule has 0 bridgehead atoms. The molecule has 2 amide bonds. The van der Waals surface area contributed by atoms with E-state index in [0.717, 1.165) is 22.9 Å². The number of aromatic hydroxyl groups is 1. The molecule has 0 fully saturated rings. The minimum absolute atomic E-state index is 0.139. The van der Waals surface area contributed by atoms with Crippen LogP contribution in [0.15, 0.2) is 24.3 Å². The largest absolute Gasteiger partial charge is 0.507 e. The average Bonchev–Trinajstić information content (AvgIpc) is 2.72. The maximum Gasteiger partial charge on any atom is 0.247 e. The van der Waals surface area contributed by atoms with Crippen LogP contribution in [0.4, 0.5) is 11.4 Å². The summed E-state index contributed by atoms with van der Waals surface area (Å²) in [6.45, 7) is 11.5. The van der Waals surface area contributed by atoms with Gasteiger partial charge in [0.1, 0.15) is 11.8 Å². The topological polar surface area (TPSA) is 116 Å². The fraction of sp³-hybridized carbons (Fsp3) is 0.462. The molecule has 1 aliphatic rings. The minimum atomic E-state index is -3.44. The molecule has 1 atom stereocenters. The fourth-order valence-electron chi connectivity index (χ4n) is 4.33. The molecule has 190 valence electrons. The van der Waals surface area contributed by atoms with Crippen LogP contribution in [0.3, 0.4) is 0 Å². The third kappa shape index (κ3) is 6.33. The number of rotatable bonds is 5. The van der Waals surface area contributed by atoms with Crippen molar-refractivity contribution in [2.45, 2.75) is 67.0 Å². The van der Waals surface area contributed by atoms with Gasteiger partial charge in [-0.3, -0.25) is 14.3 Å². The normalized spacial score (nSPS) is 16.0. The van der Waals surface area contributed by atoms with Gasteiger partial charge in [0.15, 0.2) is 0 Å². The van der Waals surface area contributed by atoms with E-state index in [2.05, 4.69) is 10.0 Å². The summed E-state index contributed by atoms with van der Waals surface area (Å²) in [6, 6.07) is 6.20. The Hall–Kier alpha value is -3.07. The minimum Gasteiger partial charge on any atom is -0.507 e. The van der Waals surface area contributed by atoms with E-state index in [-0.39, 0.29) is 35.9 Å². The van der Waals surface area contributed by atoms with Crippen molar-refractivity contribution in [1.29, 1.82) is 0 Å². The predicted molar refractivity (Wildman–Crippen MR) is 138 cm³/mol. The quantitative estimate of drug-likeness (QED) is 0.535. The number of nitrogens with one attached hydrogen (secondary N) is 2. The third-order valence-corrected chi connectivity index (χ3v) is 6.86. The second-order valence-electron chi connectivity index (χ2n) is 10.7. The molecular weight excluding hydrogens is 466 g/mol. The fourth-order valence-corrected chi connectivity index (χ4v) is 4.88. The summed E-state index contributed by atoms with van der Waals surface area (Å²) in [5, 5.41) is 13.2. The van der Waals surface area contributed by atoms with Gasteiger partial charge in [0.2, 0.25) is 21.8 Å². The van der Waals surface area contributed by atoms with E-state index < -0.39 is 16.1 Å². The SMILES string of the molecule is Cc1cc(NC(=O)C2Cc3ccc(NS(C)(=O)=O)cc3CN2C(=O)CC(C)(C)C)c(C)c(C)c1O. The van der Waals surface area contributed by atoms with Crippen molar-refractivity contribution in [2.75, 3.05) is 16.3 Å². The van der Waals surface area contributed by atoms with Gasteiger partial charge in [-0.25, -0.2) is 8.42 Å². The molecule has 0 radical (unpaired) electrons. The van der Waals surface area contributed by atoms with Crippen LogP contribution in [0, 0.1) is 26.2 Å². The Morgan fingerprint density at radius 2 is 1.74 bits per heavy atom. The number of phenols is 1. The summed E-state index contributed by atoms with van der Waals surface area (Å²) in [4.78, 5) is 28.4. The Balaban J connectivity index is 1.96. The average molecular weight is 502 g/mol. The first-order valence-electron chi connectivity index (χ1n) is 11.6. The molecule has 2 aromatic carbocycles. The zero-order chi connectivity index (χ0) is 26.3. The number of sulfonamides is 1. The number of hydrogen-bond donors (Lipinski definition) is 3. The highest BCUT2D eigenvalue weighted by atomic mass is 32.2. The first-order chi connectivity index (χ1) is 16.1. The number of amides is 2. The molecule has 3 N–H and O–H groups in total. The van der Waals surface area contributed by atoms with Crippen LogP contribution < -0.4 is 10.0 Å². The van der Waals surface area contributed by atoms with Crippen LogP contribution >= 0.6 is 0 Å². The molecule has 3 rings (SSSR count). The summed E-state index contributed by atoms with van der Waals surface area (Å²) >= 11 is 0. The molecule has 0 saturated heterocycles. The van der Waals surface area contributed by atoms with Crippen LogP contribution in [-0.2, 0) is 32.6 Å². The molecule has 0 saturated carbocycles. The van der Waals surface area contributed by atoms with E-state index >= 15 is 0 Å². The molecule has 9 heteroatoms. The van der Waals surface area contributed by atoms with Gasteiger partial charge in [-0.1, -0.05) is 26.8 Å². The summed E-state index contributed by atoms with van der Waals surface area (Å²) < 4.78 is 25.8. The number of phenolic OH excluding ortho intramolecular Hbond substituents is 1. The number of carbonyl (C=O) groups excluding carboxylic acids is 2. The summed E-state index contributed by atoms with van der Waals surface area (Å²) in [5.74, 6) is -0.240. The van der Waals surface area contributed by atoms with Crippen LogP contribution in [0.2, 0.25) is 0 Å². The van der Waals surface area contributed by atoms with Crippen molar-refractivity contribution in [3.63, 3.8) is 0 Å². The number of fused-ring (bicyclic) bond motifs is 1. The lowest BCUT2D eigenvalue weighted by atomic mass is 9.88. The molecule has 1 unspecified atom stereocenters. The van der Waals surface area contributed by atoms with Gasteiger partial charge in [-0.05, 0) is 72.2 Å². The number of aryl methyl sites for hydroxylation is 1. The van der Waals surface area contributed by atoms with Crippen LogP contribution in [0.5, 0.6) is 5.75 Å².